The third-order valence-electron chi connectivity index (χ3n) is 7.69. The van der Waals surface area contributed by atoms with Gasteiger partial charge in [0.2, 0.25) is 0 Å². The molecule has 1 heterocycles. The average molecular weight is 510 g/mol. The highest BCUT2D eigenvalue weighted by molar-refractivity contribution is 5.87. The zero-order valence-corrected chi connectivity index (χ0v) is 22.3. The van der Waals surface area contributed by atoms with Crippen molar-refractivity contribution in [1.82, 2.24) is 9.47 Å². The summed E-state index contributed by atoms with van der Waals surface area (Å²) in [5.74, 6) is -0.0169. The van der Waals surface area contributed by atoms with E-state index in [0.29, 0.717) is 25.3 Å². The molecule has 1 atom stereocenters. The SMILES string of the molecule is CC(=O)C=C(N)Cn1cc(CC(C)N(C)C(=O)OCC2c3ccccc3-c3ccccc32)c2c1CCC=C2. The predicted octanol–water partition coefficient (Wildman–Crippen LogP) is 5.69. The third kappa shape index (κ3) is 5.03. The van der Waals surface area contributed by atoms with E-state index in [4.69, 9.17) is 10.5 Å². The lowest BCUT2D eigenvalue weighted by atomic mass is 9.98. The molecule has 38 heavy (non-hydrogen) atoms. The minimum Gasteiger partial charge on any atom is -0.448 e. The normalized spacial score (nSPS) is 15.0. The number of ether oxygens (including phenoxy) is 1. The molecule has 3 aromatic rings. The molecule has 1 aromatic heterocycles. The van der Waals surface area contributed by atoms with Crippen molar-refractivity contribution in [2.45, 2.75) is 51.6 Å². The number of hydrogen-bond acceptors (Lipinski definition) is 4. The number of carbonyl (C=O) groups is 2. The first-order valence-electron chi connectivity index (χ1n) is 13.2. The topological polar surface area (TPSA) is 77.6 Å². The Morgan fingerprint density at radius 2 is 1.79 bits per heavy atom. The van der Waals surface area contributed by atoms with E-state index in [-0.39, 0.29) is 23.8 Å². The fourth-order valence-corrected chi connectivity index (χ4v) is 5.72. The summed E-state index contributed by atoms with van der Waals surface area (Å²) in [6, 6.07) is 16.6. The van der Waals surface area contributed by atoms with Crippen LogP contribution in [0.1, 0.15) is 54.1 Å². The number of hydrogen-bond donors (Lipinski definition) is 1. The number of nitrogens with zero attached hydrogens (tertiary/aromatic N) is 2. The van der Waals surface area contributed by atoms with E-state index in [2.05, 4.69) is 59.3 Å². The summed E-state index contributed by atoms with van der Waals surface area (Å²) < 4.78 is 8.02. The lowest BCUT2D eigenvalue weighted by Crippen LogP contribution is -2.37. The highest BCUT2D eigenvalue weighted by Crippen LogP contribution is 2.44. The van der Waals surface area contributed by atoms with Gasteiger partial charge in [0.05, 0.1) is 6.54 Å². The first-order valence-corrected chi connectivity index (χ1v) is 13.2. The maximum atomic E-state index is 13.1. The number of ketones is 1. The van der Waals surface area contributed by atoms with Crippen molar-refractivity contribution in [2.75, 3.05) is 13.7 Å². The van der Waals surface area contributed by atoms with Gasteiger partial charge in [0.1, 0.15) is 6.61 Å². The predicted molar refractivity (Wildman–Crippen MR) is 151 cm³/mol. The largest absolute Gasteiger partial charge is 0.448 e. The summed E-state index contributed by atoms with van der Waals surface area (Å²) in [5.41, 5.74) is 15.1. The van der Waals surface area contributed by atoms with Crippen LogP contribution in [0.2, 0.25) is 0 Å². The average Bonchev–Trinajstić information content (AvgIpc) is 3.41. The van der Waals surface area contributed by atoms with Crippen LogP contribution in [0.3, 0.4) is 0 Å². The molecular formula is C32H35N3O3. The van der Waals surface area contributed by atoms with Crippen LogP contribution in [0.5, 0.6) is 0 Å². The second-order valence-electron chi connectivity index (χ2n) is 10.4. The lowest BCUT2D eigenvalue weighted by molar-refractivity contribution is -0.112. The number of rotatable bonds is 8. The van der Waals surface area contributed by atoms with Crippen LogP contribution in [0, 0.1) is 0 Å². The Morgan fingerprint density at radius 1 is 1.13 bits per heavy atom. The molecule has 1 amide bonds. The molecule has 0 radical (unpaired) electrons. The Morgan fingerprint density at radius 3 is 2.45 bits per heavy atom. The molecule has 2 aliphatic carbocycles. The van der Waals surface area contributed by atoms with Gasteiger partial charge in [-0.2, -0.15) is 0 Å². The van der Waals surface area contributed by atoms with Crippen LogP contribution < -0.4 is 5.73 Å². The van der Waals surface area contributed by atoms with Crippen molar-refractivity contribution >= 4 is 18.0 Å². The van der Waals surface area contributed by atoms with Crippen LogP contribution in [-0.2, 0) is 28.9 Å². The molecule has 6 heteroatoms. The van der Waals surface area contributed by atoms with E-state index in [0.717, 1.165) is 18.4 Å². The molecule has 2 aliphatic rings. The summed E-state index contributed by atoms with van der Waals surface area (Å²) in [4.78, 5) is 26.3. The number of benzene rings is 2. The fourth-order valence-electron chi connectivity index (χ4n) is 5.72. The number of fused-ring (bicyclic) bond motifs is 4. The number of likely N-dealkylation sites (N-methyl/N-ethyl adjacent to an activating group) is 1. The van der Waals surface area contributed by atoms with Gasteiger partial charge >= 0.3 is 6.09 Å². The van der Waals surface area contributed by atoms with Crippen molar-refractivity contribution in [3.05, 3.63) is 101 Å². The number of aromatic nitrogens is 1. The van der Waals surface area contributed by atoms with Crippen LogP contribution in [0.15, 0.2) is 72.6 Å². The number of allylic oxidation sites excluding steroid dienone is 3. The van der Waals surface area contributed by atoms with Gasteiger partial charge in [-0.3, -0.25) is 4.79 Å². The molecule has 0 spiro atoms. The Bertz CT molecular complexity index is 1390. The minimum absolute atomic E-state index is 0.0368. The molecule has 2 N–H and O–H groups in total. The molecule has 5 rings (SSSR count). The quantitative estimate of drug-likeness (QED) is 0.396. The molecule has 0 saturated heterocycles. The van der Waals surface area contributed by atoms with Crippen LogP contribution in [0.4, 0.5) is 4.79 Å². The Hall–Kier alpha value is -4.06. The van der Waals surface area contributed by atoms with Crippen LogP contribution in [0.25, 0.3) is 17.2 Å². The first kappa shape index (κ1) is 25.6. The summed E-state index contributed by atoms with van der Waals surface area (Å²) in [5, 5.41) is 0. The van der Waals surface area contributed by atoms with Crippen molar-refractivity contribution < 1.29 is 14.3 Å². The van der Waals surface area contributed by atoms with E-state index in [9.17, 15) is 9.59 Å². The van der Waals surface area contributed by atoms with E-state index >= 15 is 0 Å². The Labute approximate surface area is 224 Å². The molecule has 0 saturated carbocycles. The third-order valence-corrected chi connectivity index (χ3v) is 7.69. The molecule has 2 aromatic carbocycles. The minimum atomic E-state index is -0.322. The Balaban J connectivity index is 1.27. The van der Waals surface area contributed by atoms with E-state index in [1.54, 1.807) is 11.9 Å². The van der Waals surface area contributed by atoms with Crippen molar-refractivity contribution in [1.29, 1.82) is 0 Å². The zero-order chi connectivity index (χ0) is 26.8. The van der Waals surface area contributed by atoms with E-state index in [1.165, 1.54) is 46.5 Å². The van der Waals surface area contributed by atoms with Crippen LogP contribution >= 0.6 is 0 Å². The molecule has 0 aliphatic heterocycles. The standard InChI is InChI=1S/C32H35N3O3/c1-21(16-23-18-35(19-24(33)17-22(2)36)31-15-9-8-10-25(23)31)34(3)32(37)38-20-30-28-13-6-4-11-26(28)27-12-5-7-14-29(27)30/h4-8,10-14,17-18,21,30H,9,15-16,19-20,33H2,1-3H3. The fraction of sp³-hybridized carbons (Fsp3) is 0.312. The van der Waals surface area contributed by atoms with Crippen LogP contribution in [-0.4, -0.2) is 41.0 Å². The molecule has 0 bridgehead atoms. The van der Waals surface area contributed by atoms with Crippen molar-refractivity contribution in [3.8, 4) is 11.1 Å². The molecule has 1 unspecified atom stereocenters. The summed E-state index contributed by atoms with van der Waals surface area (Å²) in [6.07, 6.45) is 10.2. The monoisotopic (exact) mass is 509 g/mol. The summed E-state index contributed by atoms with van der Waals surface area (Å²) in [7, 11) is 1.80. The van der Waals surface area contributed by atoms with E-state index in [1.807, 2.05) is 19.1 Å². The van der Waals surface area contributed by atoms with Gasteiger partial charge in [0.25, 0.3) is 0 Å². The Kier molecular flexibility index (Phi) is 7.23. The second-order valence-corrected chi connectivity index (χ2v) is 10.4. The number of nitrogens with two attached hydrogens (primary N) is 1. The van der Waals surface area contributed by atoms with Crippen molar-refractivity contribution in [2.24, 2.45) is 5.73 Å². The number of carbonyl (C=O) groups excluding carboxylic acids is 2. The zero-order valence-electron chi connectivity index (χ0n) is 22.3. The van der Waals surface area contributed by atoms with Crippen molar-refractivity contribution in [3.63, 3.8) is 0 Å². The second kappa shape index (κ2) is 10.7. The maximum Gasteiger partial charge on any atom is 0.409 e. The molecule has 196 valence electrons. The molecular weight excluding hydrogens is 474 g/mol. The van der Waals surface area contributed by atoms with Gasteiger partial charge in [-0.1, -0.05) is 60.7 Å². The summed E-state index contributed by atoms with van der Waals surface area (Å²) in [6.45, 7) is 4.33. The van der Waals surface area contributed by atoms with Gasteiger partial charge in [-0.15, -0.1) is 0 Å². The van der Waals surface area contributed by atoms with Gasteiger partial charge in [0, 0.05) is 42.7 Å². The maximum absolute atomic E-state index is 13.1. The summed E-state index contributed by atoms with van der Waals surface area (Å²) >= 11 is 0. The van der Waals surface area contributed by atoms with E-state index < -0.39 is 0 Å². The lowest BCUT2D eigenvalue weighted by Gasteiger charge is -2.25. The smallest absolute Gasteiger partial charge is 0.409 e. The highest BCUT2D eigenvalue weighted by atomic mass is 16.6. The van der Waals surface area contributed by atoms with Gasteiger partial charge < -0.3 is 19.9 Å². The first-order chi connectivity index (χ1) is 18.3. The number of amides is 1. The molecule has 0 fully saturated rings. The molecule has 6 nitrogen and oxygen atoms in total. The van der Waals surface area contributed by atoms with Gasteiger partial charge in [-0.25, -0.2) is 4.79 Å². The van der Waals surface area contributed by atoms with Gasteiger partial charge in [-0.05, 0) is 66.5 Å². The highest BCUT2D eigenvalue weighted by Gasteiger charge is 2.30. The van der Waals surface area contributed by atoms with Gasteiger partial charge in [0.15, 0.2) is 5.78 Å².